The van der Waals surface area contributed by atoms with Crippen LogP contribution in [0, 0.1) is 0 Å². The van der Waals surface area contributed by atoms with Crippen LogP contribution in [0.1, 0.15) is 55.9 Å². The maximum Gasteiger partial charge on any atom is 0.271 e. The van der Waals surface area contributed by atoms with Crippen molar-refractivity contribution < 1.29 is 19.1 Å². The van der Waals surface area contributed by atoms with Gasteiger partial charge < -0.3 is 24.3 Å². The first-order valence-corrected chi connectivity index (χ1v) is 11.3. The van der Waals surface area contributed by atoms with Gasteiger partial charge in [0, 0.05) is 37.8 Å². The molecular formula is C24H33N3O4. The highest BCUT2D eigenvalue weighted by Crippen LogP contribution is 2.34. The van der Waals surface area contributed by atoms with Crippen LogP contribution < -0.4 is 10.1 Å². The molecular weight excluding hydrogens is 394 g/mol. The lowest BCUT2D eigenvalue weighted by Crippen LogP contribution is -2.65. The Morgan fingerprint density at radius 2 is 1.97 bits per heavy atom. The number of fused-ring (bicyclic) bond motifs is 3. The van der Waals surface area contributed by atoms with Gasteiger partial charge in [0.25, 0.3) is 5.91 Å². The summed E-state index contributed by atoms with van der Waals surface area (Å²) in [7, 11) is 3.28. The molecule has 1 N–H and O–H groups in total. The third kappa shape index (κ3) is 4.03. The minimum absolute atomic E-state index is 0.0689. The smallest absolute Gasteiger partial charge is 0.271 e. The van der Waals surface area contributed by atoms with Crippen LogP contribution >= 0.6 is 0 Å². The molecule has 1 aliphatic heterocycles. The number of amides is 2. The summed E-state index contributed by atoms with van der Waals surface area (Å²) in [5, 5.41) is 4.23. The molecule has 7 heteroatoms. The van der Waals surface area contributed by atoms with E-state index in [0.717, 1.165) is 42.3 Å². The molecule has 0 unspecified atom stereocenters. The average Bonchev–Trinajstić information content (AvgIpc) is 3.14. The number of hydrogen-bond acceptors (Lipinski definition) is 4. The second kappa shape index (κ2) is 8.91. The van der Waals surface area contributed by atoms with Gasteiger partial charge in [-0.15, -0.1) is 0 Å². The monoisotopic (exact) mass is 427 g/mol. The summed E-state index contributed by atoms with van der Waals surface area (Å²) >= 11 is 0. The maximum atomic E-state index is 13.6. The van der Waals surface area contributed by atoms with Crippen molar-refractivity contribution in [3.8, 4) is 5.75 Å². The number of carbonyl (C=O) groups excluding carboxylic acids is 2. The normalized spacial score (nSPS) is 21.9. The van der Waals surface area contributed by atoms with Crippen LogP contribution in [0.4, 0.5) is 0 Å². The van der Waals surface area contributed by atoms with Gasteiger partial charge in [-0.1, -0.05) is 19.3 Å². The second-order valence-electron chi connectivity index (χ2n) is 8.93. The van der Waals surface area contributed by atoms with Gasteiger partial charge in [0.1, 0.15) is 17.0 Å². The van der Waals surface area contributed by atoms with Gasteiger partial charge in [0.15, 0.2) is 0 Å². The molecule has 2 aromatic rings. The fraction of sp³-hybridized carbons (Fsp3) is 0.583. The summed E-state index contributed by atoms with van der Waals surface area (Å²) in [6.45, 7) is 3.33. The topological polar surface area (TPSA) is 72.8 Å². The van der Waals surface area contributed by atoms with E-state index < -0.39 is 5.54 Å². The van der Waals surface area contributed by atoms with E-state index >= 15 is 0 Å². The molecule has 1 saturated carbocycles. The minimum Gasteiger partial charge on any atom is -0.497 e. The Hall–Kier alpha value is -2.54. The lowest BCUT2D eigenvalue weighted by Gasteiger charge is -2.45. The molecule has 1 aromatic heterocycles. The van der Waals surface area contributed by atoms with Crippen molar-refractivity contribution >= 4 is 22.7 Å². The van der Waals surface area contributed by atoms with Crippen molar-refractivity contribution in [3.63, 3.8) is 0 Å². The zero-order valence-electron chi connectivity index (χ0n) is 18.8. The zero-order chi connectivity index (χ0) is 22.0. The van der Waals surface area contributed by atoms with Crippen LogP contribution in [0.3, 0.4) is 0 Å². The highest BCUT2D eigenvalue weighted by molar-refractivity contribution is 6.03. The summed E-state index contributed by atoms with van der Waals surface area (Å²) < 4.78 is 12.6. The molecule has 2 amide bonds. The van der Waals surface area contributed by atoms with Crippen LogP contribution in [0.5, 0.6) is 5.75 Å². The number of nitrogens with one attached hydrogen (secondary N) is 1. The fourth-order valence-electron chi connectivity index (χ4n) is 4.96. The van der Waals surface area contributed by atoms with E-state index in [2.05, 4.69) is 5.32 Å². The number of aromatic nitrogens is 1. The lowest BCUT2D eigenvalue weighted by atomic mass is 9.91. The minimum atomic E-state index is -0.968. The first-order chi connectivity index (χ1) is 15.0. The molecule has 0 radical (unpaired) electrons. The van der Waals surface area contributed by atoms with Gasteiger partial charge in [-0.2, -0.15) is 0 Å². The van der Waals surface area contributed by atoms with Crippen LogP contribution in [0.2, 0.25) is 0 Å². The number of rotatable bonds is 7. The molecule has 2 heterocycles. The van der Waals surface area contributed by atoms with Crippen LogP contribution in [0.25, 0.3) is 10.9 Å². The molecule has 31 heavy (non-hydrogen) atoms. The second-order valence-corrected chi connectivity index (χ2v) is 8.93. The maximum absolute atomic E-state index is 13.6. The quantitative estimate of drug-likeness (QED) is 0.688. The van der Waals surface area contributed by atoms with Crippen molar-refractivity contribution in [2.24, 2.45) is 0 Å². The Morgan fingerprint density at radius 1 is 1.19 bits per heavy atom. The molecule has 1 aliphatic carbocycles. The van der Waals surface area contributed by atoms with E-state index in [1.54, 1.807) is 19.1 Å². The van der Waals surface area contributed by atoms with E-state index in [0.29, 0.717) is 31.8 Å². The summed E-state index contributed by atoms with van der Waals surface area (Å²) in [4.78, 5) is 28.9. The molecule has 4 rings (SSSR count). The summed E-state index contributed by atoms with van der Waals surface area (Å²) in [6, 6.07) is 7.90. The number of nitrogens with zero attached hydrogens (tertiary/aromatic N) is 2. The molecule has 7 nitrogen and oxygen atoms in total. The molecule has 0 saturated heterocycles. The average molecular weight is 428 g/mol. The molecule has 1 atom stereocenters. The van der Waals surface area contributed by atoms with Crippen LogP contribution in [0.15, 0.2) is 24.3 Å². The van der Waals surface area contributed by atoms with Gasteiger partial charge >= 0.3 is 0 Å². The molecule has 1 aromatic carbocycles. The van der Waals surface area contributed by atoms with Crippen LogP contribution in [-0.4, -0.2) is 60.2 Å². The van der Waals surface area contributed by atoms with E-state index in [1.807, 2.05) is 35.8 Å². The van der Waals surface area contributed by atoms with E-state index in [4.69, 9.17) is 9.47 Å². The molecule has 0 spiro atoms. The molecule has 168 valence electrons. The third-order valence-electron chi connectivity index (χ3n) is 6.80. The zero-order valence-corrected chi connectivity index (χ0v) is 18.8. The van der Waals surface area contributed by atoms with Crippen molar-refractivity contribution in [3.05, 3.63) is 30.0 Å². The number of hydrogen-bond donors (Lipinski definition) is 1. The van der Waals surface area contributed by atoms with Gasteiger partial charge in [-0.05, 0) is 44.4 Å². The van der Waals surface area contributed by atoms with Crippen molar-refractivity contribution in [1.82, 2.24) is 14.8 Å². The number of methoxy groups -OCH3 is 2. The largest absolute Gasteiger partial charge is 0.497 e. The number of benzene rings is 1. The SMILES string of the molecule is COCCCN1C(=O)c2cc3ccc(OC)cc3n2C[C@]1(C)C(=O)NC1CCCCC1. The Kier molecular flexibility index (Phi) is 6.23. The van der Waals surface area contributed by atoms with Crippen LogP contribution in [-0.2, 0) is 16.1 Å². The van der Waals surface area contributed by atoms with Crippen molar-refractivity contribution in [2.75, 3.05) is 27.4 Å². The molecule has 1 fully saturated rings. The molecule has 2 aliphatic rings. The Labute approximate surface area is 183 Å². The Bertz CT molecular complexity index is 963. The standard InChI is InChI=1S/C24H33N3O4/c1-24(23(29)25-18-8-5-4-6-9-18)16-26-20-15-19(31-3)11-10-17(20)14-21(26)22(28)27(24)12-7-13-30-2/h10-11,14-15,18H,4-9,12-13,16H2,1-3H3,(H,25,29)/t24-/m1/s1. The fourth-order valence-corrected chi connectivity index (χ4v) is 4.96. The van der Waals surface area contributed by atoms with Gasteiger partial charge in [-0.3, -0.25) is 9.59 Å². The number of ether oxygens (including phenoxy) is 2. The summed E-state index contributed by atoms with van der Waals surface area (Å²) in [6.07, 6.45) is 6.21. The van der Waals surface area contributed by atoms with E-state index in [-0.39, 0.29) is 17.9 Å². The van der Waals surface area contributed by atoms with Crippen molar-refractivity contribution in [1.29, 1.82) is 0 Å². The van der Waals surface area contributed by atoms with Gasteiger partial charge in [-0.25, -0.2) is 0 Å². The number of carbonyl (C=O) groups is 2. The third-order valence-corrected chi connectivity index (χ3v) is 6.80. The highest BCUT2D eigenvalue weighted by Gasteiger charge is 2.47. The van der Waals surface area contributed by atoms with Gasteiger partial charge in [0.05, 0.1) is 19.2 Å². The van der Waals surface area contributed by atoms with E-state index in [9.17, 15) is 9.59 Å². The molecule has 0 bridgehead atoms. The predicted molar refractivity (Wildman–Crippen MR) is 119 cm³/mol. The first-order valence-electron chi connectivity index (χ1n) is 11.3. The summed E-state index contributed by atoms with van der Waals surface area (Å²) in [5.74, 6) is 0.552. The Balaban J connectivity index is 1.71. The van der Waals surface area contributed by atoms with Gasteiger partial charge in [0.2, 0.25) is 5.91 Å². The Morgan fingerprint density at radius 3 is 2.68 bits per heavy atom. The summed E-state index contributed by atoms with van der Waals surface area (Å²) in [5.41, 5.74) is 0.559. The van der Waals surface area contributed by atoms with Crippen molar-refractivity contribution in [2.45, 2.75) is 63.6 Å². The first kappa shape index (κ1) is 21.7. The lowest BCUT2D eigenvalue weighted by molar-refractivity contribution is -0.133. The predicted octanol–water partition coefficient (Wildman–Crippen LogP) is 3.35. The van der Waals surface area contributed by atoms with E-state index in [1.165, 1.54) is 6.42 Å². The highest BCUT2D eigenvalue weighted by atomic mass is 16.5.